The Bertz CT molecular complexity index is 584. The van der Waals surface area contributed by atoms with Crippen LogP contribution in [-0.4, -0.2) is 7.11 Å². The minimum atomic E-state index is -0.408. The van der Waals surface area contributed by atoms with Crippen LogP contribution in [0.4, 0.5) is 4.39 Å². The number of nitrogens with two attached hydrogens (primary N) is 1. The van der Waals surface area contributed by atoms with Crippen LogP contribution in [0, 0.1) is 5.82 Å². The van der Waals surface area contributed by atoms with Crippen molar-refractivity contribution in [3.05, 3.63) is 59.4 Å². The van der Waals surface area contributed by atoms with Crippen LogP contribution >= 0.6 is 0 Å². The van der Waals surface area contributed by atoms with Crippen molar-refractivity contribution in [1.29, 1.82) is 0 Å². The van der Waals surface area contributed by atoms with Crippen molar-refractivity contribution in [2.45, 2.75) is 19.6 Å². The number of para-hydroxylation sites is 1. The topological polar surface area (TPSA) is 44.5 Å². The van der Waals surface area contributed by atoms with Crippen molar-refractivity contribution < 1.29 is 13.9 Å². The van der Waals surface area contributed by atoms with Gasteiger partial charge in [0.25, 0.3) is 0 Å². The normalized spacial score (nSPS) is 12.0. The molecule has 106 valence electrons. The average molecular weight is 275 g/mol. The minimum absolute atomic E-state index is 0.201. The Hall–Kier alpha value is -2.07. The van der Waals surface area contributed by atoms with Crippen LogP contribution in [0.15, 0.2) is 42.5 Å². The first kappa shape index (κ1) is 14.3. The maximum absolute atomic E-state index is 13.9. The first-order valence-corrected chi connectivity index (χ1v) is 6.41. The Kier molecular flexibility index (Phi) is 4.58. The molecule has 0 bridgehead atoms. The van der Waals surface area contributed by atoms with Gasteiger partial charge in [0.15, 0.2) is 11.6 Å². The fourth-order valence-corrected chi connectivity index (χ4v) is 1.90. The third kappa shape index (κ3) is 3.27. The van der Waals surface area contributed by atoms with Crippen molar-refractivity contribution in [2.75, 3.05) is 7.11 Å². The lowest BCUT2D eigenvalue weighted by Crippen LogP contribution is -2.06. The maximum atomic E-state index is 13.9. The Morgan fingerprint density at radius 2 is 1.90 bits per heavy atom. The molecule has 0 aliphatic rings. The van der Waals surface area contributed by atoms with Crippen molar-refractivity contribution >= 4 is 0 Å². The van der Waals surface area contributed by atoms with Crippen molar-refractivity contribution in [2.24, 2.45) is 5.73 Å². The molecule has 2 rings (SSSR count). The molecule has 0 spiro atoms. The van der Waals surface area contributed by atoms with E-state index in [0.29, 0.717) is 0 Å². The van der Waals surface area contributed by atoms with Gasteiger partial charge in [-0.2, -0.15) is 0 Å². The van der Waals surface area contributed by atoms with Crippen LogP contribution in [0.1, 0.15) is 24.1 Å². The quantitative estimate of drug-likeness (QED) is 0.909. The third-order valence-corrected chi connectivity index (χ3v) is 3.06. The Labute approximate surface area is 118 Å². The summed E-state index contributed by atoms with van der Waals surface area (Å²) in [5, 5.41) is 0. The van der Waals surface area contributed by atoms with E-state index in [0.717, 1.165) is 16.9 Å². The molecular formula is C16H18FNO2. The zero-order valence-electron chi connectivity index (χ0n) is 11.6. The lowest BCUT2D eigenvalue weighted by atomic mass is 10.1. The van der Waals surface area contributed by atoms with E-state index < -0.39 is 5.82 Å². The molecule has 4 heteroatoms. The van der Waals surface area contributed by atoms with Gasteiger partial charge >= 0.3 is 0 Å². The number of hydrogen-bond acceptors (Lipinski definition) is 3. The van der Waals surface area contributed by atoms with Gasteiger partial charge in [0.1, 0.15) is 12.4 Å². The van der Waals surface area contributed by atoms with Crippen molar-refractivity contribution in [3.8, 4) is 11.5 Å². The van der Waals surface area contributed by atoms with Gasteiger partial charge in [-0.05, 0) is 30.7 Å². The average Bonchev–Trinajstić information content (AvgIpc) is 2.46. The molecule has 20 heavy (non-hydrogen) atoms. The summed E-state index contributed by atoms with van der Waals surface area (Å²) in [6, 6.07) is 12.1. The van der Waals surface area contributed by atoms with Gasteiger partial charge in [-0.15, -0.1) is 0 Å². The van der Waals surface area contributed by atoms with E-state index in [1.165, 1.54) is 6.07 Å². The van der Waals surface area contributed by atoms with Crippen molar-refractivity contribution in [1.82, 2.24) is 0 Å². The summed E-state index contributed by atoms with van der Waals surface area (Å²) >= 11 is 0. The molecule has 1 atom stereocenters. The summed E-state index contributed by atoms with van der Waals surface area (Å²) in [5.74, 6) is 0.523. The summed E-state index contributed by atoms with van der Waals surface area (Å²) in [4.78, 5) is 0. The molecule has 2 aromatic rings. The molecule has 2 N–H and O–H groups in total. The second-order valence-electron chi connectivity index (χ2n) is 4.58. The van der Waals surface area contributed by atoms with E-state index in [9.17, 15) is 4.39 Å². The Balaban J connectivity index is 2.11. The smallest absolute Gasteiger partial charge is 0.165 e. The molecule has 0 aliphatic heterocycles. The highest BCUT2D eigenvalue weighted by molar-refractivity contribution is 5.34. The van der Waals surface area contributed by atoms with Crippen LogP contribution in [0.3, 0.4) is 0 Å². The summed E-state index contributed by atoms with van der Waals surface area (Å²) in [5.41, 5.74) is 7.32. The molecule has 0 radical (unpaired) electrons. The molecular weight excluding hydrogens is 257 g/mol. The van der Waals surface area contributed by atoms with E-state index >= 15 is 0 Å². The molecule has 0 heterocycles. The largest absolute Gasteiger partial charge is 0.496 e. The van der Waals surface area contributed by atoms with Gasteiger partial charge in [0.05, 0.1) is 7.11 Å². The van der Waals surface area contributed by atoms with Gasteiger partial charge in [-0.25, -0.2) is 4.39 Å². The van der Waals surface area contributed by atoms with Gasteiger partial charge in [0, 0.05) is 11.6 Å². The van der Waals surface area contributed by atoms with Crippen molar-refractivity contribution in [3.63, 3.8) is 0 Å². The number of halogens is 1. The summed E-state index contributed by atoms with van der Waals surface area (Å²) in [6.45, 7) is 2.06. The fourth-order valence-electron chi connectivity index (χ4n) is 1.90. The summed E-state index contributed by atoms with van der Waals surface area (Å²) < 4.78 is 24.6. The highest BCUT2D eigenvalue weighted by Crippen LogP contribution is 2.24. The summed E-state index contributed by atoms with van der Waals surface area (Å²) in [7, 11) is 1.59. The first-order valence-electron chi connectivity index (χ1n) is 6.41. The van der Waals surface area contributed by atoms with Crippen LogP contribution in [-0.2, 0) is 6.61 Å². The van der Waals surface area contributed by atoms with Gasteiger partial charge in [0.2, 0.25) is 0 Å². The van der Waals surface area contributed by atoms with Crippen LogP contribution in [0.25, 0.3) is 0 Å². The SMILES string of the molecule is COc1ccccc1COc1ccc(C(C)N)cc1F. The number of hydrogen-bond donors (Lipinski definition) is 1. The highest BCUT2D eigenvalue weighted by Gasteiger charge is 2.09. The molecule has 2 aromatic carbocycles. The second-order valence-corrected chi connectivity index (χ2v) is 4.58. The third-order valence-electron chi connectivity index (χ3n) is 3.06. The lowest BCUT2D eigenvalue weighted by molar-refractivity contribution is 0.282. The van der Waals surface area contributed by atoms with E-state index in [-0.39, 0.29) is 18.4 Å². The van der Waals surface area contributed by atoms with E-state index in [2.05, 4.69) is 0 Å². The Morgan fingerprint density at radius 3 is 2.55 bits per heavy atom. The van der Waals surface area contributed by atoms with E-state index in [4.69, 9.17) is 15.2 Å². The molecule has 0 amide bonds. The molecule has 1 unspecified atom stereocenters. The van der Waals surface area contributed by atoms with Gasteiger partial charge in [-0.1, -0.05) is 24.3 Å². The zero-order valence-corrected chi connectivity index (χ0v) is 11.6. The summed E-state index contributed by atoms with van der Waals surface area (Å²) in [6.07, 6.45) is 0. The number of ether oxygens (including phenoxy) is 2. The number of benzene rings is 2. The van der Waals surface area contributed by atoms with Crippen LogP contribution in [0.5, 0.6) is 11.5 Å². The van der Waals surface area contributed by atoms with Gasteiger partial charge < -0.3 is 15.2 Å². The molecule has 0 saturated heterocycles. The first-order chi connectivity index (χ1) is 9.61. The molecule has 3 nitrogen and oxygen atoms in total. The molecule has 0 aliphatic carbocycles. The molecule has 0 saturated carbocycles. The highest BCUT2D eigenvalue weighted by atomic mass is 19.1. The monoisotopic (exact) mass is 275 g/mol. The van der Waals surface area contributed by atoms with E-state index in [1.807, 2.05) is 31.2 Å². The second kappa shape index (κ2) is 6.39. The van der Waals surface area contributed by atoms with Crippen LogP contribution < -0.4 is 15.2 Å². The van der Waals surface area contributed by atoms with Crippen LogP contribution in [0.2, 0.25) is 0 Å². The number of rotatable bonds is 5. The minimum Gasteiger partial charge on any atom is -0.496 e. The van der Waals surface area contributed by atoms with E-state index in [1.54, 1.807) is 19.2 Å². The lowest BCUT2D eigenvalue weighted by Gasteiger charge is -2.12. The fraction of sp³-hybridized carbons (Fsp3) is 0.250. The predicted molar refractivity (Wildman–Crippen MR) is 76.3 cm³/mol. The molecule has 0 fully saturated rings. The van der Waals surface area contributed by atoms with Gasteiger partial charge in [-0.3, -0.25) is 0 Å². The molecule has 0 aromatic heterocycles. The zero-order chi connectivity index (χ0) is 14.5. The standard InChI is InChI=1S/C16H18FNO2/c1-11(18)12-7-8-16(14(17)9-12)20-10-13-5-3-4-6-15(13)19-2/h3-9,11H,10,18H2,1-2H3. The predicted octanol–water partition coefficient (Wildman–Crippen LogP) is 3.43. The maximum Gasteiger partial charge on any atom is 0.165 e. The number of methoxy groups -OCH3 is 1. The Morgan fingerprint density at radius 1 is 1.15 bits per heavy atom.